The molecule has 1 N–H and O–H groups in total. The van der Waals surface area contributed by atoms with Crippen molar-refractivity contribution in [2.75, 3.05) is 31.1 Å². The van der Waals surface area contributed by atoms with Gasteiger partial charge in [0.25, 0.3) is 0 Å². The smallest absolute Gasteiger partial charge is 0.410 e. The number of carbonyl (C=O) groups is 2. The summed E-state index contributed by atoms with van der Waals surface area (Å²) in [5.41, 5.74) is 1.18. The largest absolute Gasteiger partial charge is 0.448 e. The summed E-state index contributed by atoms with van der Waals surface area (Å²) in [7, 11) is -3.63. The van der Waals surface area contributed by atoms with Gasteiger partial charge in [0.1, 0.15) is 13.2 Å². The van der Waals surface area contributed by atoms with Crippen LogP contribution in [0.1, 0.15) is 25.3 Å². The van der Waals surface area contributed by atoms with Gasteiger partial charge in [-0.2, -0.15) is 0 Å². The van der Waals surface area contributed by atoms with Crippen molar-refractivity contribution in [1.29, 1.82) is 0 Å². The number of amides is 2. The van der Waals surface area contributed by atoms with Crippen molar-refractivity contribution in [3.05, 3.63) is 23.8 Å². The van der Waals surface area contributed by atoms with Crippen LogP contribution in [0.4, 0.5) is 10.5 Å². The molecule has 2 heterocycles. The minimum absolute atomic E-state index is 0.0639. The van der Waals surface area contributed by atoms with E-state index in [9.17, 15) is 18.0 Å². The van der Waals surface area contributed by atoms with E-state index in [2.05, 4.69) is 4.72 Å². The molecule has 140 valence electrons. The van der Waals surface area contributed by atoms with Gasteiger partial charge in [0.15, 0.2) is 0 Å². The first-order chi connectivity index (χ1) is 12.3. The van der Waals surface area contributed by atoms with Gasteiger partial charge in [-0.25, -0.2) is 17.9 Å². The van der Waals surface area contributed by atoms with E-state index in [1.54, 1.807) is 23.1 Å². The number of cyclic esters (lactones) is 1. The maximum Gasteiger partial charge on any atom is 0.410 e. The normalized spacial score (nSPS) is 20.9. The van der Waals surface area contributed by atoms with E-state index in [1.165, 1.54) is 4.90 Å². The molecule has 8 nitrogen and oxygen atoms in total. The zero-order valence-electron chi connectivity index (χ0n) is 14.5. The van der Waals surface area contributed by atoms with Crippen LogP contribution >= 0.6 is 0 Å². The Morgan fingerprint density at radius 3 is 2.73 bits per heavy atom. The molecule has 0 bridgehead atoms. The Hall–Kier alpha value is -2.13. The molecule has 0 atom stereocenters. The summed E-state index contributed by atoms with van der Waals surface area (Å²) < 4.78 is 32.8. The number of rotatable bonds is 5. The van der Waals surface area contributed by atoms with Gasteiger partial charge in [-0.1, -0.05) is 6.07 Å². The minimum Gasteiger partial charge on any atom is -0.448 e. The summed E-state index contributed by atoms with van der Waals surface area (Å²) in [5, 5.41) is 0. The number of ether oxygens (including phenoxy) is 1. The lowest BCUT2D eigenvalue weighted by atomic mass is 10.2. The molecule has 0 radical (unpaired) electrons. The molecule has 1 saturated carbocycles. The highest BCUT2D eigenvalue weighted by atomic mass is 32.2. The van der Waals surface area contributed by atoms with E-state index >= 15 is 0 Å². The van der Waals surface area contributed by atoms with Crippen LogP contribution in [0.5, 0.6) is 0 Å². The average molecular weight is 379 g/mol. The van der Waals surface area contributed by atoms with E-state index in [1.807, 2.05) is 6.92 Å². The van der Waals surface area contributed by atoms with Crippen molar-refractivity contribution in [2.24, 2.45) is 0 Å². The second kappa shape index (κ2) is 5.95. The Balaban J connectivity index is 1.55. The van der Waals surface area contributed by atoms with Crippen LogP contribution in [-0.4, -0.2) is 57.1 Å². The van der Waals surface area contributed by atoms with Gasteiger partial charge in [0.2, 0.25) is 15.9 Å². The minimum atomic E-state index is -3.63. The molecular weight excluding hydrogens is 358 g/mol. The fourth-order valence-corrected chi connectivity index (χ4v) is 4.76. The van der Waals surface area contributed by atoms with Crippen LogP contribution in [0, 0.1) is 0 Å². The summed E-state index contributed by atoms with van der Waals surface area (Å²) >= 11 is 0. The standard InChI is InChI=1S/C17H21N3O5S/c1-17(5-6-17)18-26(23,24)13-3-2-12-4-7-20(14(12)10-13)15(21)11-19-8-9-25-16(19)22/h2-3,10,18H,4-9,11H2,1H3. The maximum absolute atomic E-state index is 12.6. The van der Waals surface area contributed by atoms with Gasteiger partial charge in [-0.3, -0.25) is 9.69 Å². The number of carbonyl (C=O) groups excluding carboxylic acids is 2. The Morgan fingerprint density at radius 2 is 2.08 bits per heavy atom. The van der Waals surface area contributed by atoms with E-state index in [-0.39, 0.29) is 29.5 Å². The van der Waals surface area contributed by atoms with Crippen molar-refractivity contribution in [3.8, 4) is 0 Å². The van der Waals surface area contributed by atoms with Crippen LogP contribution in [0.3, 0.4) is 0 Å². The molecule has 0 aromatic heterocycles. The number of benzene rings is 1. The third-order valence-electron chi connectivity index (χ3n) is 5.12. The molecule has 1 saturated heterocycles. The topological polar surface area (TPSA) is 96.0 Å². The Morgan fingerprint density at radius 1 is 1.31 bits per heavy atom. The molecule has 9 heteroatoms. The zero-order valence-corrected chi connectivity index (χ0v) is 15.3. The van der Waals surface area contributed by atoms with Crippen molar-refractivity contribution >= 4 is 27.7 Å². The predicted octanol–water partition coefficient (Wildman–Crippen LogP) is 0.859. The number of fused-ring (bicyclic) bond motifs is 1. The number of hydrogen-bond donors (Lipinski definition) is 1. The maximum atomic E-state index is 12.6. The predicted molar refractivity (Wildman–Crippen MR) is 93.4 cm³/mol. The molecule has 2 amide bonds. The second-order valence-corrected chi connectivity index (χ2v) is 8.97. The molecule has 2 aliphatic heterocycles. The number of nitrogens with one attached hydrogen (secondary N) is 1. The van der Waals surface area contributed by atoms with Crippen LogP contribution in [-0.2, 0) is 26.0 Å². The number of hydrogen-bond acceptors (Lipinski definition) is 5. The fraction of sp³-hybridized carbons (Fsp3) is 0.529. The molecule has 2 fully saturated rings. The Labute approximate surface area is 152 Å². The first-order valence-corrected chi connectivity index (χ1v) is 10.1. The molecule has 26 heavy (non-hydrogen) atoms. The van der Waals surface area contributed by atoms with Gasteiger partial charge < -0.3 is 9.64 Å². The molecule has 0 spiro atoms. The van der Waals surface area contributed by atoms with Gasteiger partial charge in [-0.05, 0) is 43.9 Å². The summed E-state index contributed by atoms with van der Waals surface area (Å²) in [6, 6.07) is 4.89. The van der Waals surface area contributed by atoms with Crippen LogP contribution in [0.25, 0.3) is 0 Å². The summed E-state index contributed by atoms with van der Waals surface area (Å²) in [6.07, 6.45) is 1.83. The first-order valence-electron chi connectivity index (χ1n) is 8.66. The lowest BCUT2D eigenvalue weighted by Crippen LogP contribution is -2.40. The molecule has 3 aliphatic rings. The first kappa shape index (κ1) is 17.3. The zero-order chi connectivity index (χ0) is 18.5. The molecule has 1 aromatic carbocycles. The molecule has 4 rings (SSSR count). The van der Waals surface area contributed by atoms with Gasteiger partial charge >= 0.3 is 6.09 Å². The van der Waals surface area contributed by atoms with Gasteiger partial charge in [0, 0.05) is 17.8 Å². The van der Waals surface area contributed by atoms with Crippen LogP contribution in [0.2, 0.25) is 0 Å². The second-order valence-electron chi connectivity index (χ2n) is 7.29. The lowest BCUT2D eigenvalue weighted by molar-refractivity contribution is -0.119. The molecule has 0 unspecified atom stereocenters. The van der Waals surface area contributed by atoms with E-state index in [0.717, 1.165) is 18.4 Å². The monoisotopic (exact) mass is 379 g/mol. The molecular formula is C17H21N3O5S. The highest BCUT2D eigenvalue weighted by Gasteiger charge is 2.41. The third kappa shape index (κ3) is 3.16. The highest BCUT2D eigenvalue weighted by Crippen LogP contribution is 2.37. The summed E-state index contributed by atoms with van der Waals surface area (Å²) in [4.78, 5) is 27.2. The quantitative estimate of drug-likeness (QED) is 0.819. The lowest BCUT2D eigenvalue weighted by Gasteiger charge is -2.21. The van der Waals surface area contributed by atoms with Crippen LogP contribution < -0.4 is 9.62 Å². The SMILES string of the molecule is CC1(NS(=O)(=O)c2ccc3c(c2)N(C(=O)CN2CCOC2=O)CC3)CC1. The molecule has 1 aliphatic carbocycles. The van der Waals surface area contributed by atoms with Crippen molar-refractivity contribution in [1.82, 2.24) is 9.62 Å². The summed E-state index contributed by atoms with van der Waals surface area (Å²) in [6.45, 7) is 2.97. The number of anilines is 1. The van der Waals surface area contributed by atoms with E-state index < -0.39 is 16.1 Å². The van der Waals surface area contributed by atoms with E-state index in [4.69, 9.17) is 4.74 Å². The van der Waals surface area contributed by atoms with Crippen LogP contribution in [0.15, 0.2) is 23.1 Å². The Kier molecular flexibility index (Phi) is 3.96. The summed E-state index contributed by atoms with van der Waals surface area (Å²) in [5.74, 6) is -0.237. The van der Waals surface area contributed by atoms with E-state index in [0.29, 0.717) is 25.2 Å². The fourth-order valence-electron chi connectivity index (χ4n) is 3.28. The Bertz CT molecular complexity index is 878. The van der Waals surface area contributed by atoms with Crippen molar-refractivity contribution in [2.45, 2.75) is 36.6 Å². The number of sulfonamides is 1. The highest BCUT2D eigenvalue weighted by molar-refractivity contribution is 7.89. The van der Waals surface area contributed by atoms with Gasteiger partial charge in [0.05, 0.1) is 11.4 Å². The van der Waals surface area contributed by atoms with Crippen molar-refractivity contribution in [3.63, 3.8) is 0 Å². The average Bonchev–Trinajstić information content (AvgIpc) is 2.97. The van der Waals surface area contributed by atoms with Crippen molar-refractivity contribution < 1.29 is 22.7 Å². The third-order valence-corrected chi connectivity index (χ3v) is 6.75. The molecule has 1 aromatic rings. The van der Waals surface area contributed by atoms with Gasteiger partial charge in [-0.15, -0.1) is 0 Å². The number of nitrogens with zero attached hydrogens (tertiary/aromatic N) is 2.